The Bertz CT molecular complexity index is 1090. The van der Waals surface area contributed by atoms with E-state index in [0.29, 0.717) is 35.8 Å². The predicted molar refractivity (Wildman–Crippen MR) is 124 cm³/mol. The molecular weight excluding hydrogens is 466 g/mol. The van der Waals surface area contributed by atoms with Gasteiger partial charge in [-0.3, -0.25) is 14.2 Å². The van der Waals surface area contributed by atoms with E-state index in [0.717, 1.165) is 10.0 Å². The Labute approximate surface area is 188 Å². The molecule has 0 radical (unpaired) electrons. The number of hydrogen-bond acceptors (Lipinski definition) is 5. The molecule has 0 saturated carbocycles. The smallest absolute Gasteiger partial charge is 0.262 e. The van der Waals surface area contributed by atoms with Gasteiger partial charge < -0.3 is 9.64 Å². The summed E-state index contributed by atoms with van der Waals surface area (Å²) in [5, 5.41) is 0.651. The molecule has 30 heavy (non-hydrogen) atoms. The van der Waals surface area contributed by atoms with Crippen molar-refractivity contribution in [3.8, 4) is 0 Å². The fourth-order valence-corrected chi connectivity index (χ4v) is 4.51. The van der Waals surface area contributed by atoms with Crippen molar-refractivity contribution in [3.05, 3.63) is 68.9 Å². The molecule has 3 aromatic rings. The SMILES string of the molecule is COCCn1c(SC(C)C(=O)N(C)Cc2ccccc2)nc2ccc(Br)cc2c1=O. The summed E-state index contributed by atoms with van der Waals surface area (Å²) in [5.74, 6) is -0.0210. The van der Waals surface area contributed by atoms with Gasteiger partial charge in [0.2, 0.25) is 5.91 Å². The van der Waals surface area contributed by atoms with Crippen molar-refractivity contribution in [2.45, 2.75) is 30.4 Å². The third kappa shape index (κ3) is 5.30. The highest BCUT2D eigenvalue weighted by Crippen LogP contribution is 2.25. The first-order valence-corrected chi connectivity index (χ1v) is 11.2. The van der Waals surface area contributed by atoms with Crippen LogP contribution in [0.3, 0.4) is 0 Å². The largest absolute Gasteiger partial charge is 0.383 e. The minimum Gasteiger partial charge on any atom is -0.383 e. The number of amides is 1. The molecule has 1 unspecified atom stereocenters. The van der Waals surface area contributed by atoms with E-state index in [-0.39, 0.29) is 11.5 Å². The number of hydrogen-bond donors (Lipinski definition) is 0. The Morgan fingerprint density at radius 2 is 2.00 bits per heavy atom. The van der Waals surface area contributed by atoms with Crippen molar-refractivity contribution in [1.29, 1.82) is 0 Å². The number of methoxy groups -OCH3 is 1. The summed E-state index contributed by atoms with van der Waals surface area (Å²) in [5.41, 5.74) is 1.53. The second-order valence-electron chi connectivity index (χ2n) is 6.95. The van der Waals surface area contributed by atoms with Crippen LogP contribution in [0.5, 0.6) is 0 Å². The number of carbonyl (C=O) groups is 1. The monoisotopic (exact) mass is 489 g/mol. The summed E-state index contributed by atoms with van der Waals surface area (Å²) in [7, 11) is 3.38. The summed E-state index contributed by atoms with van der Waals surface area (Å²) >= 11 is 4.70. The zero-order valence-corrected chi connectivity index (χ0v) is 19.6. The number of carbonyl (C=O) groups excluding carboxylic acids is 1. The molecule has 6 nitrogen and oxygen atoms in total. The van der Waals surface area contributed by atoms with Crippen molar-refractivity contribution >= 4 is 44.5 Å². The molecule has 1 aromatic heterocycles. The average molecular weight is 490 g/mol. The zero-order valence-electron chi connectivity index (χ0n) is 17.2. The van der Waals surface area contributed by atoms with Gasteiger partial charge in [0.1, 0.15) is 0 Å². The molecule has 0 spiro atoms. The van der Waals surface area contributed by atoms with Crippen molar-refractivity contribution in [3.63, 3.8) is 0 Å². The van der Waals surface area contributed by atoms with Gasteiger partial charge in [0, 0.05) is 25.2 Å². The second kappa shape index (κ2) is 10.2. The molecule has 0 N–H and O–H groups in total. The van der Waals surface area contributed by atoms with Gasteiger partial charge in [-0.2, -0.15) is 0 Å². The van der Waals surface area contributed by atoms with Crippen LogP contribution in [0.1, 0.15) is 12.5 Å². The molecule has 158 valence electrons. The lowest BCUT2D eigenvalue weighted by atomic mass is 10.2. The number of nitrogens with zero attached hydrogens (tertiary/aromatic N) is 3. The average Bonchev–Trinajstić information content (AvgIpc) is 2.74. The molecule has 0 aliphatic rings. The summed E-state index contributed by atoms with van der Waals surface area (Å²) in [6, 6.07) is 15.3. The summed E-state index contributed by atoms with van der Waals surface area (Å²) in [4.78, 5) is 32.4. The maximum Gasteiger partial charge on any atom is 0.262 e. The van der Waals surface area contributed by atoms with Gasteiger partial charge in [-0.15, -0.1) is 0 Å². The van der Waals surface area contributed by atoms with Gasteiger partial charge in [0.15, 0.2) is 5.16 Å². The summed E-state index contributed by atoms with van der Waals surface area (Å²) in [6.45, 7) is 3.12. The van der Waals surface area contributed by atoms with Crippen LogP contribution in [0.15, 0.2) is 63.0 Å². The van der Waals surface area contributed by atoms with Crippen LogP contribution in [-0.2, 0) is 22.6 Å². The predicted octanol–water partition coefficient (Wildman–Crippen LogP) is 3.94. The molecule has 0 fully saturated rings. The van der Waals surface area contributed by atoms with Crippen LogP contribution in [0.25, 0.3) is 10.9 Å². The van der Waals surface area contributed by atoms with Crippen molar-refractivity contribution in [1.82, 2.24) is 14.5 Å². The maximum atomic E-state index is 13.1. The number of halogens is 1. The fraction of sp³-hybridized carbons (Fsp3) is 0.318. The van der Waals surface area contributed by atoms with Crippen LogP contribution in [0.2, 0.25) is 0 Å². The van der Waals surface area contributed by atoms with E-state index in [1.165, 1.54) is 11.8 Å². The highest BCUT2D eigenvalue weighted by atomic mass is 79.9. The Hall–Kier alpha value is -2.16. The van der Waals surface area contributed by atoms with Crippen molar-refractivity contribution < 1.29 is 9.53 Å². The number of benzene rings is 2. The van der Waals surface area contributed by atoms with E-state index in [1.807, 2.05) is 43.3 Å². The molecule has 1 amide bonds. The van der Waals surface area contributed by atoms with Gasteiger partial charge >= 0.3 is 0 Å². The Balaban J connectivity index is 1.86. The third-order valence-corrected chi connectivity index (χ3v) is 6.24. The molecule has 0 saturated heterocycles. The number of aromatic nitrogens is 2. The molecule has 0 aliphatic heterocycles. The fourth-order valence-electron chi connectivity index (χ4n) is 3.10. The van der Waals surface area contributed by atoms with Crippen LogP contribution >= 0.6 is 27.7 Å². The van der Waals surface area contributed by atoms with Crippen molar-refractivity contribution in [2.75, 3.05) is 20.8 Å². The van der Waals surface area contributed by atoms with E-state index in [2.05, 4.69) is 20.9 Å². The number of thioether (sulfide) groups is 1. The molecule has 3 rings (SSSR count). The lowest BCUT2D eigenvalue weighted by molar-refractivity contribution is -0.129. The van der Waals surface area contributed by atoms with Gasteiger partial charge in [0.05, 0.1) is 29.3 Å². The van der Waals surface area contributed by atoms with E-state index < -0.39 is 5.25 Å². The molecular formula is C22H24BrN3O3S. The minimum atomic E-state index is -0.396. The van der Waals surface area contributed by atoms with Crippen LogP contribution in [-0.4, -0.2) is 46.4 Å². The van der Waals surface area contributed by atoms with Gasteiger partial charge in [-0.1, -0.05) is 58.0 Å². The highest BCUT2D eigenvalue weighted by Gasteiger charge is 2.22. The Kier molecular flexibility index (Phi) is 7.69. The number of rotatable bonds is 8. The zero-order chi connectivity index (χ0) is 21.7. The number of fused-ring (bicyclic) bond motifs is 1. The van der Waals surface area contributed by atoms with Crippen LogP contribution < -0.4 is 5.56 Å². The topological polar surface area (TPSA) is 64.4 Å². The van der Waals surface area contributed by atoms with E-state index in [9.17, 15) is 9.59 Å². The van der Waals surface area contributed by atoms with Gasteiger partial charge in [0.25, 0.3) is 5.56 Å². The first-order valence-electron chi connectivity index (χ1n) is 9.55. The molecule has 8 heteroatoms. The quantitative estimate of drug-likeness (QED) is 0.354. The highest BCUT2D eigenvalue weighted by molar-refractivity contribution is 9.10. The first kappa shape index (κ1) is 22.5. The standard InChI is InChI=1S/C22H24BrN3O3S/c1-15(20(27)25(2)14-16-7-5-4-6-8-16)30-22-24-19-10-9-17(23)13-18(19)21(28)26(22)11-12-29-3/h4-10,13,15H,11-12,14H2,1-3H3. The summed E-state index contributed by atoms with van der Waals surface area (Å²) in [6.07, 6.45) is 0. The lowest BCUT2D eigenvalue weighted by Crippen LogP contribution is -2.33. The lowest BCUT2D eigenvalue weighted by Gasteiger charge is -2.22. The minimum absolute atomic E-state index is 0.0210. The van der Waals surface area contributed by atoms with Gasteiger partial charge in [-0.05, 0) is 30.7 Å². The van der Waals surface area contributed by atoms with Gasteiger partial charge in [-0.25, -0.2) is 4.98 Å². The maximum absolute atomic E-state index is 13.1. The summed E-state index contributed by atoms with van der Waals surface area (Å²) < 4.78 is 7.57. The molecule has 0 aliphatic carbocycles. The first-order chi connectivity index (χ1) is 14.4. The van der Waals surface area contributed by atoms with E-state index >= 15 is 0 Å². The van der Waals surface area contributed by atoms with Crippen LogP contribution in [0, 0.1) is 0 Å². The van der Waals surface area contributed by atoms with E-state index in [1.54, 1.807) is 35.8 Å². The number of ether oxygens (including phenoxy) is 1. The Morgan fingerprint density at radius 1 is 1.27 bits per heavy atom. The third-order valence-electron chi connectivity index (χ3n) is 4.67. The normalized spacial score (nSPS) is 12.1. The second-order valence-corrected chi connectivity index (χ2v) is 9.17. The molecule has 1 atom stereocenters. The van der Waals surface area contributed by atoms with E-state index in [4.69, 9.17) is 4.74 Å². The molecule has 1 heterocycles. The molecule has 0 bridgehead atoms. The van der Waals surface area contributed by atoms with Crippen molar-refractivity contribution in [2.24, 2.45) is 0 Å². The molecule has 2 aromatic carbocycles. The van der Waals surface area contributed by atoms with Crippen LogP contribution in [0.4, 0.5) is 0 Å². The Morgan fingerprint density at radius 3 is 2.70 bits per heavy atom.